The van der Waals surface area contributed by atoms with Crippen LogP contribution in [0.5, 0.6) is 0 Å². The Labute approximate surface area is 107 Å². The van der Waals surface area contributed by atoms with E-state index in [0.717, 1.165) is 22.3 Å². The van der Waals surface area contributed by atoms with Gasteiger partial charge in [0, 0.05) is 5.56 Å². The fourth-order valence-electron chi connectivity index (χ4n) is 2.03. The molecule has 0 unspecified atom stereocenters. The van der Waals surface area contributed by atoms with Gasteiger partial charge in [-0.15, -0.1) is 0 Å². The molecular weight excluding hydrogens is 244 g/mol. The molecule has 3 rings (SSSR count). The number of rotatable bonds is 3. The number of hydrogen-bond donors (Lipinski definition) is 3. The Kier molecular flexibility index (Phi) is 2.56. The molecule has 6 heteroatoms. The highest BCUT2D eigenvalue weighted by molar-refractivity contribution is 5.81. The number of aromatic amines is 3. The van der Waals surface area contributed by atoms with Gasteiger partial charge in [0.05, 0.1) is 29.3 Å². The van der Waals surface area contributed by atoms with Crippen LogP contribution in [0.25, 0.3) is 22.3 Å². The van der Waals surface area contributed by atoms with Gasteiger partial charge in [0.1, 0.15) is 11.6 Å². The maximum Gasteiger partial charge on any atom is 0.323 e. The van der Waals surface area contributed by atoms with E-state index in [1.54, 1.807) is 6.20 Å². The summed E-state index contributed by atoms with van der Waals surface area (Å²) < 4.78 is 0. The maximum atomic E-state index is 11.2. The average molecular weight is 256 g/mol. The van der Waals surface area contributed by atoms with E-state index in [1.807, 2.05) is 18.2 Å². The standard InChI is InChI=1S/C13H12N4O2/c1-7(18)4-12-14-6-11(15-12)8-2-3-9-10(5-8)17-13(19)16-9/h2-3,5-6H,4H2,1H3,(H,14,15)(H2,16,17,19). The third-order valence-corrected chi connectivity index (χ3v) is 2.87. The van der Waals surface area contributed by atoms with Crippen LogP contribution in [0.3, 0.4) is 0 Å². The molecule has 0 bridgehead atoms. The van der Waals surface area contributed by atoms with Crippen molar-refractivity contribution in [1.82, 2.24) is 19.9 Å². The van der Waals surface area contributed by atoms with Gasteiger partial charge in [-0.25, -0.2) is 9.78 Å². The van der Waals surface area contributed by atoms with Crippen LogP contribution in [0.1, 0.15) is 12.7 Å². The molecule has 19 heavy (non-hydrogen) atoms. The Morgan fingerprint density at radius 2 is 2.00 bits per heavy atom. The SMILES string of the molecule is CC(=O)Cc1ncc(-c2ccc3[nH]c(=O)[nH]c3c2)[nH]1. The molecule has 0 spiro atoms. The summed E-state index contributed by atoms with van der Waals surface area (Å²) in [5.74, 6) is 0.705. The highest BCUT2D eigenvalue weighted by Crippen LogP contribution is 2.20. The Hall–Kier alpha value is -2.63. The number of H-pyrrole nitrogens is 3. The minimum atomic E-state index is -0.228. The molecule has 0 saturated heterocycles. The van der Waals surface area contributed by atoms with Crippen LogP contribution in [-0.2, 0) is 11.2 Å². The lowest BCUT2D eigenvalue weighted by atomic mass is 10.1. The first kappa shape index (κ1) is 11.5. The van der Waals surface area contributed by atoms with Crippen LogP contribution in [0.2, 0.25) is 0 Å². The highest BCUT2D eigenvalue weighted by atomic mass is 16.1. The number of nitrogens with one attached hydrogen (secondary N) is 3. The van der Waals surface area contributed by atoms with Gasteiger partial charge in [-0.3, -0.25) is 4.79 Å². The van der Waals surface area contributed by atoms with Gasteiger partial charge >= 0.3 is 5.69 Å². The van der Waals surface area contributed by atoms with Crippen molar-refractivity contribution in [3.05, 3.63) is 40.7 Å². The fourth-order valence-corrected chi connectivity index (χ4v) is 2.03. The van der Waals surface area contributed by atoms with E-state index in [1.165, 1.54) is 6.92 Å². The summed E-state index contributed by atoms with van der Waals surface area (Å²) in [6, 6.07) is 5.57. The third-order valence-electron chi connectivity index (χ3n) is 2.87. The molecule has 0 fully saturated rings. The molecule has 0 aliphatic rings. The zero-order valence-corrected chi connectivity index (χ0v) is 10.3. The summed E-state index contributed by atoms with van der Waals surface area (Å²) in [6.07, 6.45) is 1.98. The van der Waals surface area contributed by atoms with E-state index >= 15 is 0 Å². The van der Waals surface area contributed by atoms with Gasteiger partial charge in [-0.05, 0) is 19.1 Å². The Morgan fingerprint density at radius 1 is 1.21 bits per heavy atom. The molecule has 0 atom stereocenters. The number of carbonyl (C=O) groups is 1. The number of aromatic nitrogens is 4. The van der Waals surface area contributed by atoms with E-state index in [0.29, 0.717) is 12.2 Å². The highest BCUT2D eigenvalue weighted by Gasteiger charge is 2.07. The van der Waals surface area contributed by atoms with Gasteiger partial charge in [-0.2, -0.15) is 0 Å². The second kappa shape index (κ2) is 4.24. The van der Waals surface area contributed by atoms with Gasteiger partial charge < -0.3 is 15.0 Å². The lowest BCUT2D eigenvalue weighted by molar-refractivity contribution is -0.116. The Balaban J connectivity index is 2.01. The molecule has 0 amide bonds. The molecule has 3 N–H and O–H groups in total. The number of benzene rings is 1. The normalized spacial score (nSPS) is 11.0. The lowest BCUT2D eigenvalue weighted by Gasteiger charge is -1.97. The van der Waals surface area contributed by atoms with Gasteiger partial charge in [0.15, 0.2) is 0 Å². The molecule has 3 aromatic rings. The van der Waals surface area contributed by atoms with Crippen LogP contribution >= 0.6 is 0 Å². The Morgan fingerprint density at radius 3 is 2.79 bits per heavy atom. The number of hydrogen-bond acceptors (Lipinski definition) is 3. The van der Waals surface area contributed by atoms with Crippen molar-refractivity contribution in [3.63, 3.8) is 0 Å². The second-order valence-electron chi connectivity index (χ2n) is 4.46. The molecule has 2 aromatic heterocycles. The molecule has 2 heterocycles. The topological polar surface area (TPSA) is 94.4 Å². The molecule has 0 radical (unpaired) electrons. The van der Waals surface area contributed by atoms with Crippen molar-refractivity contribution >= 4 is 16.8 Å². The average Bonchev–Trinajstić information content (AvgIpc) is 2.92. The summed E-state index contributed by atoms with van der Waals surface area (Å²) in [4.78, 5) is 34.9. The molecule has 0 aliphatic heterocycles. The minimum Gasteiger partial charge on any atom is -0.342 e. The summed E-state index contributed by atoms with van der Waals surface area (Å²) in [7, 11) is 0. The van der Waals surface area contributed by atoms with E-state index in [9.17, 15) is 9.59 Å². The largest absolute Gasteiger partial charge is 0.342 e. The zero-order valence-electron chi connectivity index (χ0n) is 10.3. The maximum absolute atomic E-state index is 11.2. The first-order valence-corrected chi connectivity index (χ1v) is 5.87. The predicted molar refractivity (Wildman–Crippen MR) is 70.9 cm³/mol. The van der Waals surface area contributed by atoms with Crippen molar-refractivity contribution in [1.29, 1.82) is 0 Å². The van der Waals surface area contributed by atoms with Crippen LogP contribution in [0, 0.1) is 0 Å². The first-order valence-electron chi connectivity index (χ1n) is 5.87. The summed E-state index contributed by atoms with van der Waals surface area (Å²) >= 11 is 0. The van der Waals surface area contributed by atoms with Gasteiger partial charge in [0.2, 0.25) is 0 Å². The smallest absolute Gasteiger partial charge is 0.323 e. The molecular formula is C13H12N4O2. The summed E-state index contributed by atoms with van der Waals surface area (Å²) in [6.45, 7) is 1.53. The van der Waals surface area contributed by atoms with Crippen LogP contribution in [-0.4, -0.2) is 25.7 Å². The van der Waals surface area contributed by atoms with Crippen molar-refractivity contribution in [2.45, 2.75) is 13.3 Å². The fraction of sp³-hybridized carbons (Fsp3) is 0.154. The number of fused-ring (bicyclic) bond motifs is 1. The number of Topliss-reactive ketones (excluding diaryl/α,β-unsaturated/α-hetero) is 1. The minimum absolute atomic E-state index is 0.0614. The number of ketones is 1. The van der Waals surface area contributed by atoms with Crippen LogP contribution < -0.4 is 5.69 Å². The van der Waals surface area contributed by atoms with Crippen molar-refractivity contribution in [3.8, 4) is 11.3 Å². The molecule has 0 saturated carbocycles. The summed E-state index contributed by atoms with van der Waals surface area (Å²) in [5, 5.41) is 0. The molecule has 0 aliphatic carbocycles. The van der Waals surface area contributed by atoms with Crippen LogP contribution in [0.15, 0.2) is 29.2 Å². The van der Waals surface area contributed by atoms with Crippen molar-refractivity contribution < 1.29 is 4.79 Å². The zero-order chi connectivity index (χ0) is 13.4. The van der Waals surface area contributed by atoms with Gasteiger partial charge in [-0.1, -0.05) is 6.07 Å². The number of nitrogens with zero attached hydrogens (tertiary/aromatic N) is 1. The van der Waals surface area contributed by atoms with Crippen molar-refractivity contribution in [2.24, 2.45) is 0 Å². The first-order chi connectivity index (χ1) is 9.11. The number of imidazole rings is 2. The quantitative estimate of drug-likeness (QED) is 0.660. The van der Waals surface area contributed by atoms with Gasteiger partial charge in [0.25, 0.3) is 0 Å². The van der Waals surface area contributed by atoms with E-state index in [2.05, 4.69) is 19.9 Å². The summed E-state index contributed by atoms with van der Waals surface area (Å²) in [5.41, 5.74) is 3.00. The van der Waals surface area contributed by atoms with E-state index < -0.39 is 0 Å². The van der Waals surface area contributed by atoms with Crippen molar-refractivity contribution in [2.75, 3.05) is 0 Å². The molecule has 96 valence electrons. The van der Waals surface area contributed by atoms with E-state index in [-0.39, 0.29) is 11.5 Å². The predicted octanol–water partition coefficient (Wildman–Crippen LogP) is 1.38. The molecule has 6 nitrogen and oxygen atoms in total. The Bertz CT molecular complexity index is 809. The lowest BCUT2D eigenvalue weighted by Crippen LogP contribution is -1.99. The third kappa shape index (κ3) is 2.20. The van der Waals surface area contributed by atoms with Crippen LogP contribution in [0.4, 0.5) is 0 Å². The monoisotopic (exact) mass is 256 g/mol. The van der Waals surface area contributed by atoms with E-state index in [4.69, 9.17) is 0 Å². The second-order valence-corrected chi connectivity index (χ2v) is 4.46. The molecule has 1 aromatic carbocycles. The number of carbonyl (C=O) groups excluding carboxylic acids is 1.